The summed E-state index contributed by atoms with van der Waals surface area (Å²) in [6, 6.07) is 27.7. The van der Waals surface area contributed by atoms with Gasteiger partial charge in [-0.15, -0.1) is 11.8 Å². The van der Waals surface area contributed by atoms with Gasteiger partial charge < -0.3 is 4.90 Å². The molecule has 0 radical (unpaired) electrons. The number of carbonyl (C=O) groups excluding carboxylic acids is 1. The molecule has 0 atom stereocenters. The van der Waals surface area contributed by atoms with Crippen LogP contribution >= 0.6 is 11.8 Å². The van der Waals surface area contributed by atoms with Crippen molar-refractivity contribution in [2.75, 3.05) is 46.0 Å². The SMILES string of the molecule is CSc1ccc(S(=O)(=O)N(C)CC(=O)N2CCN(C(c3ccccc3)c3ccccc3)CC2)cc1. The Morgan fingerprint density at radius 3 is 1.86 bits per heavy atom. The van der Waals surface area contributed by atoms with Gasteiger partial charge in [-0.2, -0.15) is 4.31 Å². The van der Waals surface area contributed by atoms with Gasteiger partial charge in [0.2, 0.25) is 15.9 Å². The van der Waals surface area contributed by atoms with Crippen molar-refractivity contribution in [3.8, 4) is 0 Å². The van der Waals surface area contributed by atoms with Gasteiger partial charge in [0.05, 0.1) is 17.5 Å². The van der Waals surface area contributed by atoms with E-state index >= 15 is 0 Å². The van der Waals surface area contributed by atoms with Crippen LogP contribution < -0.4 is 0 Å². The van der Waals surface area contributed by atoms with Crippen molar-refractivity contribution in [2.24, 2.45) is 0 Å². The van der Waals surface area contributed by atoms with E-state index in [1.165, 1.54) is 18.2 Å². The van der Waals surface area contributed by atoms with Crippen LogP contribution in [0, 0.1) is 0 Å². The van der Waals surface area contributed by atoms with Crippen LogP contribution in [0.15, 0.2) is 94.7 Å². The Hall–Kier alpha value is -2.65. The van der Waals surface area contributed by atoms with Crippen molar-refractivity contribution in [3.63, 3.8) is 0 Å². The number of hydrogen-bond donors (Lipinski definition) is 0. The zero-order chi connectivity index (χ0) is 24.8. The Bertz CT molecular complexity index is 1170. The van der Waals surface area contributed by atoms with Gasteiger partial charge in [-0.25, -0.2) is 8.42 Å². The van der Waals surface area contributed by atoms with Crippen molar-refractivity contribution < 1.29 is 13.2 Å². The first-order valence-corrected chi connectivity index (χ1v) is 14.3. The van der Waals surface area contributed by atoms with Gasteiger partial charge in [0, 0.05) is 38.1 Å². The molecular weight excluding hydrogens is 478 g/mol. The van der Waals surface area contributed by atoms with Crippen LogP contribution in [0.5, 0.6) is 0 Å². The Morgan fingerprint density at radius 2 is 1.37 bits per heavy atom. The van der Waals surface area contributed by atoms with Gasteiger partial charge >= 0.3 is 0 Å². The van der Waals surface area contributed by atoms with Crippen molar-refractivity contribution in [1.29, 1.82) is 0 Å². The number of benzene rings is 3. The summed E-state index contributed by atoms with van der Waals surface area (Å²) in [5.74, 6) is -0.174. The van der Waals surface area contributed by atoms with Crippen LogP contribution in [0.2, 0.25) is 0 Å². The molecule has 8 heteroatoms. The number of carbonyl (C=O) groups is 1. The first kappa shape index (κ1) is 25.4. The van der Waals surface area contributed by atoms with Crippen LogP contribution in [0.3, 0.4) is 0 Å². The molecule has 0 N–H and O–H groups in total. The molecule has 0 aliphatic carbocycles. The Morgan fingerprint density at radius 1 is 0.857 bits per heavy atom. The first-order chi connectivity index (χ1) is 16.9. The monoisotopic (exact) mass is 509 g/mol. The van der Waals surface area contributed by atoms with Crippen LogP contribution in [0.1, 0.15) is 17.2 Å². The summed E-state index contributed by atoms with van der Waals surface area (Å²) in [4.78, 5) is 18.4. The lowest BCUT2D eigenvalue weighted by Gasteiger charge is -2.40. The fourth-order valence-electron chi connectivity index (χ4n) is 4.42. The molecule has 1 fully saturated rings. The summed E-state index contributed by atoms with van der Waals surface area (Å²) < 4.78 is 27.0. The maximum absolute atomic E-state index is 13.0. The number of piperazine rings is 1. The molecule has 1 saturated heterocycles. The number of rotatable bonds is 8. The Kier molecular flexibility index (Phi) is 8.28. The predicted molar refractivity (Wildman–Crippen MR) is 141 cm³/mol. The molecule has 0 unspecified atom stereocenters. The molecule has 0 aromatic heterocycles. The molecule has 6 nitrogen and oxygen atoms in total. The Balaban J connectivity index is 1.40. The van der Waals surface area contributed by atoms with E-state index in [1.54, 1.807) is 40.9 Å². The van der Waals surface area contributed by atoms with Gasteiger partial charge in [-0.3, -0.25) is 9.69 Å². The molecule has 0 bridgehead atoms. The van der Waals surface area contributed by atoms with Crippen molar-refractivity contribution in [2.45, 2.75) is 15.8 Å². The molecule has 0 saturated carbocycles. The van der Waals surface area contributed by atoms with E-state index in [-0.39, 0.29) is 23.4 Å². The standard InChI is InChI=1S/C27H31N3O3S2/c1-28(35(32,33)25-15-13-24(34-2)14-16-25)21-26(31)29-17-19-30(20-18-29)27(22-9-5-3-6-10-22)23-11-7-4-8-12-23/h3-16,27H,17-21H2,1-2H3. The van der Waals surface area contributed by atoms with E-state index in [0.717, 1.165) is 9.20 Å². The zero-order valence-corrected chi connectivity index (χ0v) is 21.7. The molecule has 3 aromatic rings. The number of hydrogen-bond acceptors (Lipinski definition) is 5. The van der Waals surface area contributed by atoms with E-state index in [1.807, 2.05) is 18.4 Å². The fraction of sp³-hybridized carbons (Fsp3) is 0.296. The Labute approximate surface area is 212 Å². The normalized spacial score (nSPS) is 15.0. The topological polar surface area (TPSA) is 60.9 Å². The minimum atomic E-state index is -3.73. The van der Waals surface area contributed by atoms with Crippen molar-refractivity contribution in [3.05, 3.63) is 96.1 Å². The average molecular weight is 510 g/mol. The lowest BCUT2D eigenvalue weighted by atomic mass is 9.96. The van der Waals surface area contributed by atoms with Gasteiger partial charge in [-0.05, 0) is 41.6 Å². The highest BCUT2D eigenvalue weighted by Gasteiger charge is 2.30. The maximum atomic E-state index is 13.0. The lowest BCUT2D eigenvalue weighted by molar-refractivity contribution is -0.133. The van der Waals surface area contributed by atoms with E-state index in [0.29, 0.717) is 26.2 Å². The molecule has 1 heterocycles. The first-order valence-electron chi connectivity index (χ1n) is 11.6. The molecule has 0 spiro atoms. The van der Waals surface area contributed by atoms with Gasteiger partial charge in [0.1, 0.15) is 0 Å². The highest BCUT2D eigenvalue weighted by Crippen LogP contribution is 2.29. The smallest absolute Gasteiger partial charge is 0.243 e. The minimum absolute atomic E-state index is 0.113. The van der Waals surface area contributed by atoms with Crippen molar-refractivity contribution >= 4 is 27.7 Å². The largest absolute Gasteiger partial charge is 0.339 e. The number of nitrogens with zero attached hydrogens (tertiary/aromatic N) is 3. The number of thioether (sulfide) groups is 1. The van der Waals surface area contributed by atoms with Crippen LogP contribution in [-0.2, 0) is 14.8 Å². The highest BCUT2D eigenvalue weighted by molar-refractivity contribution is 7.98. The van der Waals surface area contributed by atoms with Crippen molar-refractivity contribution in [1.82, 2.24) is 14.1 Å². The quantitative estimate of drug-likeness (QED) is 0.430. The molecule has 4 rings (SSSR count). The summed E-state index contributed by atoms with van der Waals surface area (Å²) in [5.41, 5.74) is 2.44. The number of sulfonamides is 1. The lowest BCUT2D eigenvalue weighted by Crippen LogP contribution is -2.52. The molecule has 35 heavy (non-hydrogen) atoms. The maximum Gasteiger partial charge on any atom is 0.243 e. The van der Waals surface area contributed by atoms with E-state index in [4.69, 9.17) is 0 Å². The highest BCUT2D eigenvalue weighted by atomic mass is 32.2. The second-order valence-corrected chi connectivity index (χ2v) is 11.5. The second kappa shape index (κ2) is 11.4. The molecule has 1 aliphatic heterocycles. The van der Waals surface area contributed by atoms with Crippen LogP contribution in [0.25, 0.3) is 0 Å². The summed E-state index contributed by atoms with van der Waals surface area (Å²) in [6.07, 6.45) is 1.94. The number of likely N-dealkylation sites (N-methyl/N-ethyl adjacent to an activating group) is 1. The zero-order valence-electron chi connectivity index (χ0n) is 20.1. The van der Waals surface area contributed by atoms with E-state index in [2.05, 4.69) is 53.4 Å². The van der Waals surface area contributed by atoms with Crippen LogP contribution in [-0.4, -0.2) is 74.5 Å². The summed E-state index contributed by atoms with van der Waals surface area (Å²) in [6.45, 7) is 2.38. The molecule has 1 aliphatic rings. The van der Waals surface area contributed by atoms with E-state index in [9.17, 15) is 13.2 Å². The molecule has 184 valence electrons. The predicted octanol–water partition coefficient (Wildman–Crippen LogP) is 3.96. The molecular formula is C27H31N3O3S2. The van der Waals surface area contributed by atoms with Gasteiger partial charge in [-0.1, -0.05) is 60.7 Å². The van der Waals surface area contributed by atoms with Gasteiger partial charge in [0.25, 0.3) is 0 Å². The summed E-state index contributed by atoms with van der Waals surface area (Å²) in [7, 11) is -2.26. The average Bonchev–Trinajstić information content (AvgIpc) is 2.90. The molecule has 3 aromatic carbocycles. The van der Waals surface area contributed by atoms with E-state index < -0.39 is 10.0 Å². The summed E-state index contributed by atoms with van der Waals surface area (Å²) >= 11 is 1.55. The summed E-state index contributed by atoms with van der Waals surface area (Å²) in [5, 5.41) is 0. The third-order valence-electron chi connectivity index (χ3n) is 6.39. The minimum Gasteiger partial charge on any atom is -0.339 e. The fourth-order valence-corrected chi connectivity index (χ4v) is 5.95. The van der Waals surface area contributed by atoms with Gasteiger partial charge in [0.15, 0.2) is 0 Å². The second-order valence-electron chi connectivity index (χ2n) is 8.58. The van der Waals surface area contributed by atoms with Crippen LogP contribution in [0.4, 0.5) is 0 Å². The number of amides is 1. The third kappa shape index (κ3) is 5.95. The third-order valence-corrected chi connectivity index (χ3v) is 8.95. The molecule has 1 amide bonds.